The first-order valence-corrected chi connectivity index (χ1v) is 6.86. The summed E-state index contributed by atoms with van der Waals surface area (Å²) in [6.07, 6.45) is 5.82. The fourth-order valence-electron chi connectivity index (χ4n) is 2.68. The Morgan fingerprint density at radius 3 is 2.88 bits per heavy atom. The Balaban J connectivity index is 2.27. The molecule has 0 aromatic heterocycles. The van der Waals surface area contributed by atoms with E-state index in [9.17, 15) is 4.79 Å². The van der Waals surface area contributed by atoms with Gasteiger partial charge >= 0.3 is 0 Å². The van der Waals surface area contributed by atoms with E-state index in [2.05, 4.69) is 17.1 Å². The van der Waals surface area contributed by atoms with Crippen molar-refractivity contribution in [3.05, 3.63) is 0 Å². The molecule has 1 amide bonds. The van der Waals surface area contributed by atoms with E-state index in [4.69, 9.17) is 5.73 Å². The molecule has 0 radical (unpaired) electrons. The van der Waals surface area contributed by atoms with Crippen LogP contribution in [-0.4, -0.2) is 43.5 Å². The maximum absolute atomic E-state index is 11.7. The average Bonchev–Trinajstić information content (AvgIpc) is 2.77. The van der Waals surface area contributed by atoms with E-state index in [1.807, 2.05) is 7.05 Å². The van der Waals surface area contributed by atoms with Crippen molar-refractivity contribution in [1.82, 2.24) is 10.2 Å². The molecule has 1 rings (SSSR count). The largest absolute Gasteiger partial charge is 0.355 e. The quantitative estimate of drug-likeness (QED) is 0.653. The molecule has 2 unspecified atom stereocenters. The summed E-state index contributed by atoms with van der Waals surface area (Å²) in [6.45, 7) is 4.17. The van der Waals surface area contributed by atoms with Gasteiger partial charge in [0, 0.05) is 12.6 Å². The molecule has 2 atom stereocenters. The molecular formula is C13H27N3O. The molecule has 17 heavy (non-hydrogen) atoms. The number of unbranched alkanes of at least 4 members (excludes halogenated alkanes) is 1. The van der Waals surface area contributed by atoms with Crippen LogP contribution in [0.3, 0.4) is 0 Å². The standard InChI is InChI=1S/C13H27N3O/c1-3-4-8-15-13(17)10-16(2)12-7-5-6-11(12)9-14/h11-12H,3-10,14H2,1-2H3,(H,15,17). The molecule has 1 aliphatic rings. The number of carbonyl (C=O) groups is 1. The summed E-state index contributed by atoms with van der Waals surface area (Å²) >= 11 is 0. The van der Waals surface area contributed by atoms with Crippen molar-refractivity contribution < 1.29 is 4.79 Å². The number of likely N-dealkylation sites (N-methyl/N-ethyl adjacent to an activating group) is 1. The number of hydrogen-bond acceptors (Lipinski definition) is 3. The minimum Gasteiger partial charge on any atom is -0.355 e. The number of rotatable bonds is 7. The first kappa shape index (κ1) is 14.5. The lowest BCUT2D eigenvalue weighted by Crippen LogP contribution is -2.43. The van der Waals surface area contributed by atoms with Crippen LogP contribution in [0.2, 0.25) is 0 Å². The smallest absolute Gasteiger partial charge is 0.234 e. The van der Waals surface area contributed by atoms with Gasteiger partial charge in [-0.2, -0.15) is 0 Å². The number of amides is 1. The predicted molar refractivity (Wildman–Crippen MR) is 70.7 cm³/mol. The fraction of sp³-hybridized carbons (Fsp3) is 0.923. The first-order chi connectivity index (χ1) is 8.19. The van der Waals surface area contributed by atoms with Gasteiger partial charge in [-0.3, -0.25) is 9.69 Å². The van der Waals surface area contributed by atoms with Crippen LogP contribution >= 0.6 is 0 Å². The molecule has 0 heterocycles. The second kappa shape index (κ2) is 7.67. The second-order valence-corrected chi connectivity index (χ2v) is 5.11. The van der Waals surface area contributed by atoms with E-state index < -0.39 is 0 Å². The van der Waals surface area contributed by atoms with Gasteiger partial charge in [0.15, 0.2) is 0 Å². The number of hydrogen-bond donors (Lipinski definition) is 2. The molecule has 1 saturated carbocycles. The predicted octanol–water partition coefficient (Wildman–Crippen LogP) is 0.962. The van der Waals surface area contributed by atoms with Crippen molar-refractivity contribution in [3.8, 4) is 0 Å². The van der Waals surface area contributed by atoms with Gasteiger partial charge in [-0.25, -0.2) is 0 Å². The molecule has 1 aliphatic carbocycles. The van der Waals surface area contributed by atoms with Gasteiger partial charge in [-0.15, -0.1) is 0 Å². The van der Waals surface area contributed by atoms with Crippen molar-refractivity contribution in [2.75, 3.05) is 26.7 Å². The molecule has 0 bridgehead atoms. The van der Waals surface area contributed by atoms with Crippen LogP contribution in [0.1, 0.15) is 39.0 Å². The van der Waals surface area contributed by atoms with Crippen LogP contribution < -0.4 is 11.1 Å². The summed E-state index contributed by atoms with van der Waals surface area (Å²) < 4.78 is 0. The molecule has 0 aromatic carbocycles. The summed E-state index contributed by atoms with van der Waals surface area (Å²) in [7, 11) is 2.04. The zero-order chi connectivity index (χ0) is 12.7. The highest BCUT2D eigenvalue weighted by atomic mass is 16.2. The van der Waals surface area contributed by atoms with Gasteiger partial charge < -0.3 is 11.1 Å². The van der Waals surface area contributed by atoms with Gasteiger partial charge in [-0.05, 0) is 38.8 Å². The maximum Gasteiger partial charge on any atom is 0.234 e. The monoisotopic (exact) mass is 241 g/mol. The Bertz CT molecular complexity index is 233. The summed E-state index contributed by atoms with van der Waals surface area (Å²) in [4.78, 5) is 13.9. The van der Waals surface area contributed by atoms with Crippen LogP contribution in [0, 0.1) is 5.92 Å². The third-order valence-electron chi connectivity index (χ3n) is 3.73. The maximum atomic E-state index is 11.7. The van der Waals surface area contributed by atoms with E-state index in [0.29, 0.717) is 18.5 Å². The summed E-state index contributed by atoms with van der Waals surface area (Å²) in [5.41, 5.74) is 5.76. The molecule has 3 N–H and O–H groups in total. The number of nitrogens with one attached hydrogen (secondary N) is 1. The van der Waals surface area contributed by atoms with E-state index in [0.717, 1.165) is 25.9 Å². The second-order valence-electron chi connectivity index (χ2n) is 5.11. The summed E-state index contributed by atoms with van der Waals surface area (Å²) in [6, 6.07) is 0.497. The van der Waals surface area contributed by atoms with Crippen LogP contribution in [0.5, 0.6) is 0 Å². The van der Waals surface area contributed by atoms with E-state index in [-0.39, 0.29) is 5.91 Å². The van der Waals surface area contributed by atoms with E-state index in [1.54, 1.807) is 0 Å². The van der Waals surface area contributed by atoms with E-state index in [1.165, 1.54) is 19.3 Å². The Morgan fingerprint density at radius 2 is 2.24 bits per heavy atom. The van der Waals surface area contributed by atoms with Crippen LogP contribution in [0.4, 0.5) is 0 Å². The van der Waals surface area contributed by atoms with Gasteiger partial charge in [0.1, 0.15) is 0 Å². The SMILES string of the molecule is CCCCNC(=O)CN(C)C1CCCC1CN. The Hall–Kier alpha value is -0.610. The van der Waals surface area contributed by atoms with Crippen molar-refractivity contribution in [2.24, 2.45) is 11.7 Å². The van der Waals surface area contributed by atoms with Crippen LogP contribution in [0.15, 0.2) is 0 Å². The molecule has 0 aliphatic heterocycles. The van der Waals surface area contributed by atoms with Crippen molar-refractivity contribution in [3.63, 3.8) is 0 Å². The minimum atomic E-state index is 0.142. The Labute approximate surface area is 105 Å². The lowest BCUT2D eigenvalue weighted by molar-refractivity contribution is -0.122. The van der Waals surface area contributed by atoms with Crippen molar-refractivity contribution in [2.45, 2.75) is 45.1 Å². The lowest BCUT2D eigenvalue weighted by Gasteiger charge is -2.28. The number of carbonyl (C=O) groups excluding carboxylic acids is 1. The average molecular weight is 241 g/mol. The lowest BCUT2D eigenvalue weighted by atomic mass is 10.0. The number of nitrogens with two attached hydrogens (primary N) is 1. The van der Waals surface area contributed by atoms with Crippen molar-refractivity contribution in [1.29, 1.82) is 0 Å². The molecular weight excluding hydrogens is 214 g/mol. The Morgan fingerprint density at radius 1 is 1.47 bits per heavy atom. The number of nitrogens with zero attached hydrogens (tertiary/aromatic N) is 1. The zero-order valence-electron chi connectivity index (χ0n) is 11.2. The molecule has 0 spiro atoms. The molecule has 4 heteroatoms. The zero-order valence-corrected chi connectivity index (χ0v) is 11.2. The normalized spacial score (nSPS) is 24.2. The highest BCUT2D eigenvalue weighted by Crippen LogP contribution is 2.28. The van der Waals surface area contributed by atoms with Gasteiger partial charge in [0.25, 0.3) is 0 Å². The third kappa shape index (κ3) is 4.64. The topological polar surface area (TPSA) is 58.4 Å². The Kier molecular flexibility index (Phi) is 6.52. The fourth-order valence-corrected chi connectivity index (χ4v) is 2.68. The highest BCUT2D eigenvalue weighted by Gasteiger charge is 2.29. The summed E-state index contributed by atoms with van der Waals surface area (Å²) in [5, 5.41) is 2.96. The van der Waals surface area contributed by atoms with Crippen LogP contribution in [0.25, 0.3) is 0 Å². The van der Waals surface area contributed by atoms with Gasteiger partial charge in [-0.1, -0.05) is 19.8 Å². The molecule has 1 fully saturated rings. The van der Waals surface area contributed by atoms with Crippen LogP contribution in [-0.2, 0) is 4.79 Å². The van der Waals surface area contributed by atoms with Gasteiger partial charge in [0.2, 0.25) is 5.91 Å². The third-order valence-corrected chi connectivity index (χ3v) is 3.73. The highest BCUT2D eigenvalue weighted by molar-refractivity contribution is 5.77. The van der Waals surface area contributed by atoms with E-state index >= 15 is 0 Å². The van der Waals surface area contributed by atoms with Gasteiger partial charge in [0.05, 0.1) is 6.54 Å². The molecule has 0 saturated heterocycles. The minimum absolute atomic E-state index is 0.142. The molecule has 0 aromatic rings. The van der Waals surface area contributed by atoms with Crippen molar-refractivity contribution >= 4 is 5.91 Å². The first-order valence-electron chi connectivity index (χ1n) is 6.86. The summed E-state index contributed by atoms with van der Waals surface area (Å²) in [5.74, 6) is 0.715. The molecule has 100 valence electrons. The molecule has 4 nitrogen and oxygen atoms in total.